The van der Waals surface area contributed by atoms with Gasteiger partial charge in [-0.3, -0.25) is 4.79 Å². The number of aliphatic hydroxyl groups excluding tert-OH is 1. The quantitative estimate of drug-likeness (QED) is 0.638. The van der Waals surface area contributed by atoms with Gasteiger partial charge in [0.1, 0.15) is 0 Å². The second kappa shape index (κ2) is 4.86. The highest BCUT2D eigenvalue weighted by molar-refractivity contribution is 6.27. The summed E-state index contributed by atoms with van der Waals surface area (Å²) in [6.45, 7) is 2.17. The molecule has 2 aromatic carbocycles. The minimum atomic E-state index is -0.920. The molecule has 3 atom stereocenters. The average Bonchev–Trinajstić information content (AvgIpc) is 3.26. The van der Waals surface area contributed by atoms with Gasteiger partial charge in [-0.05, 0) is 24.6 Å². The van der Waals surface area contributed by atoms with Gasteiger partial charge in [-0.25, -0.2) is 0 Å². The van der Waals surface area contributed by atoms with Gasteiger partial charge in [0, 0.05) is 52.9 Å². The standard InChI is InChI=1S/C23H21N3O2/c1-23-13-9-5-7-11-15(13)25(2)20(23)19-16(12-8-4-6-10-14(12)24-19)17-18(23)22(28)26(3)21(17)27/h4-11,20,22,24,28H,1-3H3/t20-,22+,23+/m1/s1. The van der Waals surface area contributed by atoms with E-state index in [2.05, 4.69) is 42.1 Å². The number of amides is 1. The van der Waals surface area contributed by atoms with Crippen LogP contribution in [0.5, 0.6) is 0 Å². The number of hydrogen-bond donors (Lipinski definition) is 2. The highest BCUT2D eigenvalue weighted by atomic mass is 16.3. The van der Waals surface area contributed by atoms with Crippen LogP contribution in [0.2, 0.25) is 0 Å². The molecule has 6 rings (SSSR count). The molecule has 5 heteroatoms. The Balaban J connectivity index is 1.80. The lowest BCUT2D eigenvalue weighted by molar-refractivity contribution is -0.128. The minimum absolute atomic E-state index is 0.0139. The van der Waals surface area contributed by atoms with E-state index in [1.807, 2.05) is 30.3 Å². The second-order valence-electron chi connectivity index (χ2n) is 8.27. The van der Waals surface area contributed by atoms with Gasteiger partial charge in [0.2, 0.25) is 0 Å². The first-order chi connectivity index (χ1) is 13.5. The number of carbonyl (C=O) groups excluding carboxylic acids is 1. The molecule has 1 aromatic heterocycles. The zero-order chi connectivity index (χ0) is 19.4. The first-order valence-corrected chi connectivity index (χ1v) is 9.59. The first-order valence-electron chi connectivity index (χ1n) is 9.59. The molecule has 0 spiro atoms. The van der Waals surface area contributed by atoms with Crippen LogP contribution in [-0.4, -0.2) is 41.2 Å². The number of benzene rings is 2. The number of fused-ring (bicyclic) bond motifs is 9. The van der Waals surface area contributed by atoms with E-state index in [9.17, 15) is 9.90 Å². The van der Waals surface area contributed by atoms with Gasteiger partial charge in [-0.1, -0.05) is 36.4 Å². The van der Waals surface area contributed by atoms with Gasteiger partial charge in [0.05, 0.1) is 11.6 Å². The average molecular weight is 371 g/mol. The Hall–Kier alpha value is -3.05. The van der Waals surface area contributed by atoms with Crippen LogP contribution < -0.4 is 4.90 Å². The SMILES string of the molecule is CN1C(=O)C2=C([C@@H]1O)[C@]1(C)c3ccccc3N(C)[C@@H]1c1[nH]c3ccccc3c12. The molecule has 3 aromatic rings. The van der Waals surface area contributed by atoms with E-state index in [0.29, 0.717) is 5.57 Å². The fourth-order valence-corrected chi connectivity index (χ4v) is 5.80. The molecule has 0 unspecified atom stereocenters. The number of carbonyl (C=O) groups is 1. The Bertz CT molecular complexity index is 1220. The summed E-state index contributed by atoms with van der Waals surface area (Å²) in [6.07, 6.45) is -0.920. The topological polar surface area (TPSA) is 59.6 Å². The lowest BCUT2D eigenvalue weighted by Crippen LogP contribution is -2.42. The van der Waals surface area contributed by atoms with Crippen molar-refractivity contribution in [3.63, 3.8) is 0 Å². The Morgan fingerprint density at radius 3 is 2.57 bits per heavy atom. The zero-order valence-corrected chi connectivity index (χ0v) is 16.0. The van der Waals surface area contributed by atoms with Crippen molar-refractivity contribution in [3.05, 3.63) is 70.9 Å². The monoisotopic (exact) mass is 371 g/mol. The molecular formula is C23H21N3O2. The van der Waals surface area contributed by atoms with Gasteiger partial charge >= 0.3 is 0 Å². The summed E-state index contributed by atoms with van der Waals surface area (Å²) in [5, 5.41) is 12.2. The molecular weight excluding hydrogens is 350 g/mol. The van der Waals surface area contributed by atoms with Crippen LogP contribution in [0, 0.1) is 0 Å². The summed E-state index contributed by atoms with van der Waals surface area (Å²) in [4.78, 5) is 20.6. The van der Waals surface area contributed by atoms with E-state index >= 15 is 0 Å². The molecule has 28 heavy (non-hydrogen) atoms. The number of aromatic amines is 1. The minimum Gasteiger partial charge on any atom is -0.369 e. The molecule has 0 saturated carbocycles. The number of likely N-dealkylation sites (N-methyl/N-ethyl adjacent to an activating group) is 2. The number of anilines is 1. The number of hydrogen-bond acceptors (Lipinski definition) is 3. The Labute approximate surface area is 162 Å². The predicted octanol–water partition coefficient (Wildman–Crippen LogP) is 3.17. The van der Waals surface area contributed by atoms with E-state index in [1.165, 1.54) is 4.90 Å². The van der Waals surface area contributed by atoms with Gasteiger partial charge in [0.25, 0.3) is 5.91 Å². The first kappa shape index (κ1) is 16.0. The fraction of sp³-hybridized carbons (Fsp3) is 0.261. The number of rotatable bonds is 0. The number of aliphatic hydroxyl groups is 1. The lowest BCUT2D eigenvalue weighted by atomic mass is 9.65. The van der Waals surface area contributed by atoms with Crippen molar-refractivity contribution in [2.45, 2.75) is 24.6 Å². The van der Waals surface area contributed by atoms with Crippen LogP contribution in [-0.2, 0) is 10.2 Å². The summed E-state index contributed by atoms with van der Waals surface area (Å²) < 4.78 is 0. The zero-order valence-electron chi connectivity index (χ0n) is 16.0. The van der Waals surface area contributed by atoms with Crippen LogP contribution in [0.3, 0.4) is 0 Å². The molecule has 2 N–H and O–H groups in total. The van der Waals surface area contributed by atoms with Crippen LogP contribution in [0.1, 0.15) is 29.8 Å². The number of aromatic nitrogens is 1. The van der Waals surface area contributed by atoms with Crippen molar-refractivity contribution in [3.8, 4) is 0 Å². The molecule has 0 radical (unpaired) electrons. The van der Waals surface area contributed by atoms with Crippen molar-refractivity contribution in [2.75, 3.05) is 19.0 Å². The normalized spacial score (nSPS) is 27.9. The largest absolute Gasteiger partial charge is 0.369 e. The maximum Gasteiger partial charge on any atom is 0.256 e. The molecule has 3 heterocycles. The molecule has 1 amide bonds. The molecule has 5 nitrogen and oxygen atoms in total. The van der Waals surface area contributed by atoms with Crippen LogP contribution in [0.4, 0.5) is 5.69 Å². The Kier molecular flexibility index (Phi) is 2.77. The van der Waals surface area contributed by atoms with Crippen molar-refractivity contribution in [2.24, 2.45) is 0 Å². The van der Waals surface area contributed by atoms with E-state index in [1.54, 1.807) is 7.05 Å². The molecule has 0 bridgehead atoms. The van der Waals surface area contributed by atoms with Gasteiger partial charge < -0.3 is 19.9 Å². The third-order valence-corrected chi connectivity index (χ3v) is 7.02. The van der Waals surface area contributed by atoms with Crippen LogP contribution >= 0.6 is 0 Å². The van der Waals surface area contributed by atoms with Crippen molar-refractivity contribution in [1.82, 2.24) is 9.88 Å². The Morgan fingerprint density at radius 1 is 1.04 bits per heavy atom. The molecule has 1 aliphatic carbocycles. The maximum absolute atomic E-state index is 13.3. The molecule has 140 valence electrons. The van der Waals surface area contributed by atoms with Gasteiger partial charge in [-0.15, -0.1) is 0 Å². The van der Waals surface area contributed by atoms with Crippen LogP contribution in [0.15, 0.2) is 54.1 Å². The second-order valence-corrected chi connectivity index (χ2v) is 8.27. The highest BCUT2D eigenvalue weighted by Gasteiger charge is 2.60. The van der Waals surface area contributed by atoms with Gasteiger partial charge in [0.15, 0.2) is 6.23 Å². The van der Waals surface area contributed by atoms with Crippen LogP contribution in [0.25, 0.3) is 16.5 Å². The molecule has 0 fully saturated rings. The molecule has 2 aliphatic heterocycles. The van der Waals surface area contributed by atoms with Crippen molar-refractivity contribution >= 4 is 28.1 Å². The number of para-hydroxylation sites is 2. The van der Waals surface area contributed by atoms with E-state index < -0.39 is 11.6 Å². The molecule has 3 aliphatic rings. The summed E-state index contributed by atoms with van der Waals surface area (Å²) in [7, 11) is 3.78. The maximum atomic E-state index is 13.3. The smallest absolute Gasteiger partial charge is 0.256 e. The highest BCUT2D eigenvalue weighted by Crippen LogP contribution is 2.63. The summed E-state index contributed by atoms with van der Waals surface area (Å²) in [5.74, 6) is -0.111. The van der Waals surface area contributed by atoms with Gasteiger partial charge in [-0.2, -0.15) is 0 Å². The lowest BCUT2D eigenvalue weighted by Gasteiger charge is -2.41. The third kappa shape index (κ3) is 1.53. The van der Waals surface area contributed by atoms with E-state index in [0.717, 1.165) is 39.0 Å². The number of H-pyrrole nitrogens is 1. The predicted molar refractivity (Wildman–Crippen MR) is 109 cm³/mol. The molecule has 0 saturated heterocycles. The van der Waals surface area contributed by atoms with Crippen molar-refractivity contribution in [1.29, 1.82) is 0 Å². The van der Waals surface area contributed by atoms with Crippen molar-refractivity contribution < 1.29 is 9.90 Å². The summed E-state index contributed by atoms with van der Waals surface area (Å²) >= 11 is 0. The number of nitrogens with one attached hydrogen (secondary N) is 1. The van der Waals surface area contributed by atoms with E-state index in [-0.39, 0.29) is 11.9 Å². The summed E-state index contributed by atoms with van der Waals surface area (Å²) in [5.41, 5.74) is 6.30. The Morgan fingerprint density at radius 2 is 1.75 bits per heavy atom. The fourth-order valence-electron chi connectivity index (χ4n) is 5.80. The summed E-state index contributed by atoms with van der Waals surface area (Å²) in [6, 6.07) is 16.4. The third-order valence-electron chi connectivity index (χ3n) is 7.02. The van der Waals surface area contributed by atoms with E-state index in [4.69, 9.17) is 0 Å². The number of nitrogens with zero attached hydrogens (tertiary/aromatic N) is 2.